The highest BCUT2D eigenvalue weighted by molar-refractivity contribution is 9.10. The molecule has 0 bridgehead atoms. The molecule has 0 aliphatic heterocycles. The van der Waals surface area contributed by atoms with Gasteiger partial charge in [0.2, 0.25) is 5.91 Å². The zero-order valence-electron chi connectivity index (χ0n) is 18.1. The molecule has 0 unspecified atom stereocenters. The van der Waals surface area contributed by atoms with Gasteiger partial charge < -0.3 is 14.8 Å². The second-order valence-corrected chi connectivity index (χ2v) is 8.10. The number of ether oxygens (including phenoxy) is 2. The Bertz CT molecular complexity index is 1110. The Morgan fingerprint density at radius 1 is 1.03 bits per heavy atom. The van der Waals surface area contributed by atoms with Crippen LogP contribution in [0.15, 0.2) is 63.9 Å². The van der Waals surface area contributed by atoms with Crippen molar-refractivity contribution in [2.75, 3.05) is 20.8 Å². The summed E-state index contributed by atoms with van der Waals surface area (Å²) in [6.45, 7) is 0.901. The molecule has 0 fully saturated rings. The molecule has 0 aliphatic rings. The number of benzene rings is 2. The predicted molar refractivity (Wildman–Crippen MR) is 127 cm³/mol. The highest BCUT2D eigenvalue weighted by Crippen LogP contribution is 2.27. The first-order valence-corrected chi connectivity index (χ1v) is 11.1. The summed E-state index contributed by atoms with van der Waals surface area (Å²) in [7, 11) is 3.19. The Balaban J connectivity index is 1.47. The number of rotatable bonds is 10. The van der Waals surface area contributed by atoms with Gasteiger partial charge in [-0.3, -0.25) is 9.59 Å². The first-order valence-electron chi connectivity index (χ1n) is 10.3. The summed E-state index contributed by atoms with van der Waals surface area (Å²) in [4.78, 5) is 24.3. The number of carbonyl (C=O) groups is 1. The van der Waals surface area contributed by atoms with E-state index in [0.717, 1.165) is 21.3 Å². The molecule has 0 saturated heterocycles. The third-order valence-corrected chi connectivity index (χ3v) is 5.49. The lowest BCUT2D eigenvalue weighted by Gasteiger charge is -2.10. The summed E-state index contributed by atoms with van der Waals surface area (Å²) in [5, 5.41) is 7.35. The van der Waals surface area contributed by atoms with Crippen molar-refractivity contribution in [2.45, 2.75) is 25.8 Å². The minimum absolute atomic E-state index is 0.0532. The largest absolute Gasteiger partial charge is 0.493 e. The molecular weight excluding hydrogens is 474 g/mol. The van der Waals surface area contributed by atoms with E-state index in [1.54, 1.807) is 20.3 Å². The van der Waals surface area contributed by atoms with Gasteiger partial charge in [-0.1, -0.05) is 34.1 Å². The lowest BCUT2D eigenvalue weighted by Crippen LogP contribution is -2.27. The van der Waals surface area contributed by atoms with Gasteiger partial charge >= 0.3 is 0 Å². The molecule has 0 radical (unpaired) electrons. The van der Waals surface area contributed by atoms with Crippen LogP contribution in [-0.4, -0.2) is 36.5 Å². The highest BCUT2D eigenvalue weighted by Gasteiger charge is 2.07. The van der Waals surface area contributed by atoms with Crippen molar-refractivity contribution in [1.82, 2.24) is 15.1 Å². The first kappa shape index (κ1) is 23.5. The minimum Gasteiger partial charge on any atom is -0.493 e. The smallest absolute Gasteiger partial charge is 0.266 e. The summed E-state index contributed by atoms with van der Waals surface area (Å²) >= 11 is 3.41. The van der Waals surface area contributed by atoms with Crippen LogP contribution in [0, 0.1) is 0 Å². The minimum atomic E-state index is -0.181. The Labute approximate surface area is 195 Å². The van der Waals surface area contributed by atoms with Crippen LogP contribution in [-0.2, 0) is 17.8 Å². The number of nitrogens with one attached hydrogen (secondary N) is 1. The van der Waals surface area contributed by atoms with E-state index in [-0.39, 0.29) is 11.5 Å². The molecule has 0 spiro atoms. The Hall–Kier alpha value is -3.13. The van der Waals surface area contributed by atoms with E-state index in [4.69, 9.17) is 9.47 Å². The third-order valence-electron chi connectivity index (χ3n) is 4.96. The first-order chi connectivity index (χ1) is 15.5. The predicted octanol–water partition coefficient (Wildman–Crippen LogP) is 3.83. The van der Waals surface area contributed by atoms with Gasteiger partial charge in [-0.2, -0.15) is 5.10 Å². The maximum absolute atomic E-state index is 12.2. The number of methoxy groups -OCH3 is 2. The van der Waals surface area contributed by atoms with Gasteiger partial charge in [-0.15, -0.1) is 0 Å². The van der Waals surface area contributed by atoms with Crippen LogP contribution in [0.4, 0.5) is 0 Å². The number of amides is 1. The van der Waals surface area contributed by atoms with Crippen LogP contribution in [0.2, 0.25) is 0 Å². The van der Waals surface area contributed by atoms with Crippen LogP contribution in [0.3, 0.4) is 0 Å². The number of hydrogen-bond donors (Lipinski definition) is 1. The standard InChI is InChI=1S/C24H26BrN3O4/c1-31-21-11-5-17(16-22(21)32-2)13-14-26-23(29)4-3-15-28-24(30)12-10-20(27-28)18-6-8-19(25)9-7-18/h5-12,16H,3-4,13-15H2,1-2H3,(H,26,29). The third kappa shape index (κ3) is 6.43. The molecule has 168 valence electrons. The SMILES string of the molecule is COc1ccc(CCNC(=O)CCCn2nc(-c3ccc(Br)cc3)ccc2=O)cc1OC. The van der Waals surface area contributed by atoms with Crippen LogP contribution in [0.25, 0.3) is 11.3 Å². The van der Waals surface area contributed by atoms with Gasteiger partial charge in [0.05, 0.1) is 19.9 Å². The van der Waals surface area contributed by atoms with Gasteiger partial charge in [0, 0.05) is 35.6 Å². The van der Waals surface area contributed by atoms with E-state index < -0.39 is 0 Å². The molecule has 8 heteroatoms. The van der Waals surface area contributed by atoms with Crippen molar-refractivity contribution >= 4 is 21.8 Å². The Kier molecular flexibility index (Phi) is 8.44. The fourth-order valence-electron chi connectivity index (χ4n) is 3.24. The van der Waals surface area contributed by atoms with E-state index >= 15 is 0 Å². The Morgan fingerprint density at radius 3 is 2.50 bits per heavy atom. The van der Waals surface area contributed by atoms with Crippen molar-refractivity contribution < 1.29 is 14.3 Å². The quantitative estimate of drug-likeness (QED) is 0.458. The van der Waals surface area contributed by atoms with Crippen LogP contribution in [0.1, 0.15) is 18.4 Å². The number of carbonyl (C=O) groups excluding carboxylic acids is 1. The molecule has 3 rings (SSSR count). The van der Waals surface area contributed by atoms with Gasteiger partial charge in [0.25, 0.3) is 5.56 Å². The van der Waals surface area contributed by atoms with Crippen molar-refractivity contribution in [1.29, 1.82) is 0 Å². The molecule has 2 aromatic carbocycles. The molecular formula is C24H26BrN3O4. The van der Waals surface area contributed by atoms with E-state index in [1.807, 2.05) is 42.5 Å². The summed E-state index contributed by atoms with van der Waals surface area (Å²) in [5.74, 6) is 1.29. The lowest BCUT2D eigenvalue weighted by molar-refractivity contribution is -0.121. The van der Waals surface area contributed by atoms with Gasteiger partial charge in [-0.05, 0) is 48.7 Å². The summed E-state index contributed by atoms with van der Waals surface area (Å²) < 4.78 is 12.9. The molecule has 1 aromatic heterocycles. The molecule has 0 aliphatic carbocycles. The van der Waals surface area contributed by atoms with E-state index in [0.29, 0.717) is 43.9 Å². The van der Waals surface area contributed by atoms with Gasteiger partial charge in [-0.25, -0.2) is 4.68 Å². The van der Waals surface area contributed by atoms with Crippen LogP contribution >= 0.6 is 15.9 Å². The number of halogens is 1. The molecule has 1 N–H and O–H groups in total. The summed E-state index contributed by atoms with van der Waals surface area (Å²) in [5.41, 5.74) is 2.51. The van der Waals surface area contributed by atoms with Crippen LogP contribution in [0.5, 0.6) is 11.5 Å². The molecule has 3 aromatic rings. The second-order valence-electron chi connectivity index (χ2n) is 7.18. The second kappa shape index (κ2) is 11.5. The number of aromatic nitrogens is 2. The fourth-order valence-corrected chi connectivity index (χ4v) is 3.51. The van der Waals surface area contributed by atoms with Crippen molar-refractivity contribution in [3.8, 4) is 22.8 Å². The maximum atomic E-state index is 12.2. The van der Waals surface area contributed by atoms with Crippen molar-refractivity contribution in [2.24, 2.45) is 0 Å². The Morgan fingerprint density at radius 2 is 1.78 bits per heavy atom. The number of nitrogens with zero attached hydrogens (tertiary/aromatic N) is 2. The van der Waals surface area contributed by atoms with E-state index in [1.165, 1.54) is 10.7 Å². The average Bonchev–Trinajstić information content (AvgIpc) is 2.80. The van der Waals surface area contributed by atoms with E-state index in [9.17, 15) is 9.59 Å². The topological polar surface area (TPSA) is 82.5 Å². The molecule has 7 nitrogen and oxygen atoms in total. The van der Waals surface area contributed by atoms with Crippen molar-refractivity contribution in [3.05, 3.63) is 75.0 Å². The molecule has 0 atom stereocenters. The molecule has 1 amide bonds. The van der Waals surface area contributed by atoms with Crippen molar-refractivity contribution in [3.63, 3.8) is 0 Å². The fraction of sp³-hybridized carbons (Fsp3) is 0.292. The monoisotopic (exact) mass is 499 g/mol. The zero-order chi connectivity index (χ0) is 22.9. The summed E-state index contributed by atoms with van der Waals surface area (Å²) in [6, 6.07) is 16.7. The normalized spacial score (nSPS) is 10.6. The highest BCUT2D eigenvalue weighted by atomic mass is 79.9. The number of aryl methyl sites for hydroxylation is 1. The average molecular weight is 500 g/mol. The molecule has 0 saturated carbocycles. The summed E-state index contributed by atoms with van der Waals surface area (Å²) in [6.07, 6.45) is 1.53. The molecule has 32 heavy (non-hydrogen) atoms. The lowest BCUT2D eigenvalue weighted by atomic mass is 10.1. The maximum Gasteiger partial charge on any atom is 0.266 e. The molecule has 1 heterocycles. The zero-order valence-corrected chi connectivity index (χ0v) is 19.7. The van der Waals surface area contributed by atoms with Crippen LogP contribution < -0.4 is 20.3 Å². The van der Waals surface area contributed by atoms with Gasteiger partial charge in [0.1, 0.15) is 0 Å². The van der Waals surface area contributed by atoms with Gasteiger partial charge in [0.15, 0.2) is 11.5 Å². The van der Waals surface area contributed by atoms with E-state index in [2.05, 4.69) is 26.3 Å². The number of hydrogen-bond acceptors (Lipinski definition) is 5.